The van der Waals surface area contributed by atoms with Crippen LogP contribution in [-0.2, 0) is 14.4 Å². The molecule has 1 aromatic rings. The molecular weight excluding hydrogens is 264 g/mol. The highest BCUT2D eigenvalue weighted by Crippen LogP contribution is 2.19. The molecule has 1 aromatic carbocycles. The number of para-hydroxylation sites is 1. The van der Waals surface area contributed by atoms with Gasteiger partial charge < -0.3 is 20.8 Å². The second kappa shape index (κ2) is 7.13. The van der Waals surface area contributed by atoms with E-state index in [-0.39, 0.29) is 24.6 Å². The Morgan fingerprint density at radius 1 is 1.30 bits per heavy atom. The summed E-state index contributed by atoms with van der Waals surface area (Å²) < 4.78 is 7.78. The van der Waals surface area contributed by atoms with Crippen LogP contribution in [0, 0.1) is 0 Å². The summed E-state index contributed by atoms with van der Waals surface area (Å²) in [7, 11) is 0. The van der Waals surface area contributed by atoms with Crippen LogP contribution in [0.25, 0.3) is 0 Å². The van der Waals surface area contributed by atoms with Gasteiger partial charge in [-0.05, 0) is 18.5 Å². The number of aliphatic carboxylic acids is 2. The zero-order valence-corrected chi connectivity index (χ0v) is 10.7. The Labute approximate surface area is 117 Å². The molecule has 7 nitrogen and oxygen atoms in total. The van der Waals surface area contributed by atoms with Gasteiger partial charge >= 0.3 is 11.9 Å². The number of anilines is 1. The molecule has 0 saturated heterocycles. The van der Waals surface area contributed by atoms with E-state index in [0.29, 0.717) is 0 Å². The van der Waals surface area contributed by atoms with Crippen molar-refractivity contribution in [1.29, 1.82) is 0 Å². The number of carboxylic acid groups (broad SMARTS) is 2. The van der Waals surface area contributed by atoms with Crippen LogP contribution in [0.5, 0.6) is 0 Å². The highest BCUT2D eigenvalue weighted by Gasteiger charge is 2.27. The van der Waals surface area contributed by atoms with Gasteiger partial charge in [0.05, 0.1) is 1.37 Å². The zero-order valence-electron chi connectivity index (χ0n) is 11.7. The van der Waals surface area contributed by atoms with E-state index < -0.39 is 30.4 Å². The number of carboxylic acids is 2. The van der Waals surface area contributed by atoms with Gasteiger partial charge in [-0.25, -0.2) is 4.79 Å². The molecule has 0 heterocycles. The Bertz CT molecular complexity index is 549. The van der Waals surface area contributed by atoms with E-state index >= 15 is 0 Å². The molecule has 7 heteroatoms. The van der Waals surface area contributed by atoms with Crippen LogP contribution in [0.3, 0.4) is 0 Å². The highest BCUT2D eigenvalue weighted by atomic mass is 16.4. The van der Waals surface area contributed by atoms with Gasteiger partial charge in [-0.1, -0.05) is 18.2 Å². The number of nitrogens with zero attached hydrogens (tertiary/aromatic N) is 1. The lowest BCUT2D eigenvalue weighted by atomic mass is 10.1. The molecule has 0 fully saturated rings. The molecule has 20 heavy (non-hydrogen) atoms. The molecule has 0 aliphatic carbocycles. The Morgan fingerprint density at radius 2 is 2.00 bits per heavy atom. The van der Waals surface area contributed by atoms with Crippen molar-refractivity contribution in [3.8, 4) is 0 Å². The second-order valence-corrected chi connectivity index (χ2v) is 4.13. The molecule has 0 unspecified atom stereocenters. The molecule has 0 radical (unpaired) electrons. The fourth-order valence-electron chi connectivity index (χ4n) is 1.76. The maximum absolute atomic E-state index is 11.4. The number of rotatable bonds is 8. The van der Waals surface area contributed by atoms with Gasteiger partial charge in [-0.3, -0.25) is 9.59 Å². The van der Waals surface area contributed by atoms with E-state index in [4.69, 9.17) is 12.2 Å². The Morgan fingerprint density at radius 3 is 2.50 bits per heavy atom. The van der Waals surface area contributed by atoms with Crippen molar-refractivity contribution >= 4 is 23.5 Å². The number of carbonyl (C=O) groups is 3. The quantitative estimate of drug-likeness (QED) is 0.630. The number of primary amides is 1. The normalized spacial score (nSPS) is 12.3. The SMILES string of the molecule is [2H]c1ccccc1N(CC(=O)O)[C@@H](CCC(N)=O)C(=O)O. The summed E-state index contributed by atoms with van der Waals surface area (Å²) in [5.74, 6) is -3.18. The van der Waals surface area contributed by atoms with Crippen LogP contribution in [0.4, 0.5) is 5.69 Å². The van der Waals surface area contributed by atoms with Crippen molar-refractivity contribution in [2.75, 3.05) is 11.4 Å². The van der Waals surface area contributed by atoms with Crippen molar-refractivity contribution < 1.29 is 26.0 Å². The molecule has 0 aliphatic heterocycles. The summed E-state index contributed by atoms with van der Waals surface area (Å²) in [6, 6.07) is 4.81. The van der Waals surface area contributed by atoms with Crippen molar-refractivity contribution in [2.24, 2.45) is 5.73 Å². The number of carbonyl (C=O) groups excluding carboxylic acids is 1. The third-order valence-corrected chi connectivity index (χ3v) is 2.63. The fourth-order valence-corrected chi connectivity index (χ4v) is 1.76. The van der Waals surface area contributed by atoms with Crippen LogP contribution < -0.4 is 10.6 Å². The van der Waals surface area contributed by atoms with Crippen LogP contribution in [0.1, 0.15) is 14.2 Å². The average molecular weight is 281 g/mol. The maximum Gasteiger partial charge on any atom is 0.326 e. The first-order valence-electron chi connectivity index (χ1n) is 6.38. The van der Waals surface area contributed by atoms with Gasteiger partial charge in [0.25, 0.3) is 0 Å². The van der Waals surface area contributed by atoms with Crippen molar-refractivity contribution in [3.63, 3.8) is 0 Å². The summed E-state index contributed by atoms with van der Waals surface area (Å²) in [6.07, 6.45) is -0.320. The number of nitrogens with two attached hydrogens (primary N) is 1. The number of hydrogen-bond acceptors (Lipinski definition) is 4. The third-order valence-electron chi connectivity index (χ3n) is 2.63. The molecule has 1 amide bonds. The van der Waals surface area contributed by atoms with Gasteiger partial charge in [-0.15, -0.1) is 0 Å². The standard InChI is InChI=1S/C13H16N2O5/c14-11(16)7-6-10(13(19)20)15(8-12(17)18)9-4-2-1-3-5-9/h1-5,10H,6-8H2,(H2,14,16)(H,17,18)(H,19,20)/t10-/m0/s1/i4D. The lowest BCUT2D eigenvalue weighted by molar-refractivity contribution is -0.139. The van der Waals surface area contributed by atoms with Gasteiger partial charge in [0, 0.05) is 12.1 Å². The fraction of sp³-hybridized carbons (Fsp3) is 0.308. The molecule has 0 spiro atoms. The molecule has 0 saturated carbocycles. The minimum absolute atomic E-state index is 0.00377. The first-order chi connectivity index (χ1) is 9.82. The second-order valence-electron chi connectivity index (χ2n) is 4.13. The molecule has 0 aliphatic rings. The van der Waals surface area contributed by atoms with E-state index in [9.17, 15) is 19.5 Å². The Hall–Kier alpha value is -2.57. The van der Waals surface area contributed by atoms with E-state index in [1.54, 1.807) is 12.1 Å². The van der Waals surface area contributed by atoms with Gasteiger partial charge in [-0.2, -0.15) is 0 Å². The maximum atomic E-state index is 11.4. The zero-order chi connectivity index (χ0) is 16.0. The van der Waals surface area contributed by atoms with Crippen molar-refractivity contribution in [1.82, 2.24) is 0 Å². The van der Waals surface area contributed by atoms with Crippen molar-refractivity contribution in [2.45, 2.75) is 18.9 Å². The van der Waals surface area contributed by atoms with Gasteiger partial charge in [0.15, 0.2) is 0 Å². The molecule has 1 rings (SSSR count). The summed E-state index contributed by atoms with van der Waals surface area (Å²) in [5, 5.41) is 18.2. The van der Waals surface area contributed by atoms with Crippen LogP contribution >= 0.6 is 0 Å². The number of amides is 1. The van der Waals surface area contributed by atoms with Gasteiger partial charge in [0.2, 0.25) is 5.91 Å². The molecule has 4 N–H and O–H groups in total. The molecular formula is C13H16N2O5. The molecule has 108 valence electrons. The Kier molecular flexibility index (Phi) is 4.94. The predicted octanol–water partition coefficient (Wildman–Crippen LogP) is 0.296. The first kappa shape index (κ1) is 13.9. The van der Waals surface area contributed by atoms with E-state index in [0.717, 1.165) is 4.90 Å². The average Bonchev–Trinajstić information content (AvgIpc) is 2.37. The topological polar surface area (TPSA) is 121 Å². The Balaban J connectivity index is 3.14. The predicted molar refractivity (Wildman–Crippen MR) is 71.3 cm³/mol. The smallest absolute Gasteiger partial charge is 0.326 e. The lowest BCUT2D eigenvalue weighted by Gasteiger charge is -2.29. The van der Waals surface area contributed by atoms with E-state index in [1.807, 2.05) is 0 Å². The molecule has 0 aromatic heterocycles. The monoisotopic (exact) mass is 281 g/mol. The summed E-state index contributed by atoms with van der Waals surface area (Å²) in [6.45, 7) is -0.592. The van der Waals surface area contributed by atoms with E-state index in [2.05, 4.69) is 0 Å². The van der Waals surface area contributed by atoms with Crippen LogP contribution in [-0.4, -0.2) is 40.6 Å². The minimum Gasteiger partial charge on any atom is -0.480 e. The largest absolute Gasteiger partial charge is 0.480 e. The van der Waals surface area contributed by atoms with Crippen LogP contribution in [0.2, 0.25) is 0 Å². The molecule has 0 bridgehead atoms. The number of hydrogen-bond donors (Lipinski definition) is 3. The third kappa shape index (κ3) is 4.60. The van der Waals surface area contributed by atoms with Crippen molar-refractivity contribution in [3.05, 3.63) is 30.3 Å². The first-order valence-corrected chi connectivity index (χ1v) is 5.88. The summed E-state index contributed by atoms with van der Waals surface area (Å²) in [4.78, 5) is 34.3. The minimum atomic E-state index is -1.28. The van der Waals surface area contributed by atoms with Crippen LogP contribution in [0.15, 0.2) is 30.3 Å². The van der Waals surface area contributed by atoms with E-state index in [1.165, 1.54) is 12.1 Å². The number of benzene rings is 1. The summed E-state index contributed by atoms with van der Waals surface area (Å²) in [5.41, 5.74) is 5.18. The highest BCUT2D eigenvalue weighted by molar-refractivity contribution is 5.83. The molecule has 1 atom stereocenters. The van der Waals surface area contributed by atoms with Gasteiger partial charge in [0.1, 0.15) is 12.6 Å². The summed E-state index contributed by atoms with van der Waals surface area (Å²) >= 11 is 0. The lowest BCUT2D eigenvalue weighted by Crippen LogP contribution is -2.44.